The minimum atomic E-state index is -1.11. The van der Waals surface area contributed by atoms with Crippen LogP contribution in [0.1, 0.15) is 47.5 Å². The second-order valence-electron chi connectivity index (χ2n) is 11.9. The number of nitrogens with zero attached hydrogens (tertiary/aromatic N) is 1. The van der Waals surface area contributed by atoms with Crippen LogP contribution in [0.5, 0.6) is 5.75 Å². The first-order chi connectivity index (χ1) is 17.7. The van der Waals surface area contributed by atoms with Crippen LogP contribution in [0.4, 0.5) is 13.6 Å². The number of carbonyl (C=O) groups is 4. The lowest BCUT2D eigenvalue weighted by molar-refractivity contribution is -0.133. The highest BCUT2D eigenvalue weighted by Gasteiger charge is 2.69. The minimum absolute atomic E-state index is 0.0301. The Morgan fingerprint density at radius 3 is 2.55 bits per heavy atom. The van der Waals surface area contributed by atoms with E-state index >= 15 is 0 Å². The lowest BCUT2D eigenvalue weighted by atomic mass is 9.95. The monoisotopic (exact) mass is 535 g/mol. The molecule has 38 heavy (non-hydrogen) atoms. The number of carbonyl (C=O) groups excluding carboxylic acids is 4. The van der Waals surface area contributed by atoms with E-state index in [1.54, 1.807) is 20.8 Å². The molecule has 4 rings (SSSR count). The van der Waals surface area contributed by atoms with E-state index in [4.69, 9.17) is 9.47 Å². The smallest absolute Gasteiger partial charge is 0.410 e. The van der Waals surface area contributed by atoms with Gasteiger partial charge >= 0.3 is 6.09 Å². The molecule has 11 heteroatoms. The molecule has 2 aliphatic heterocycles. The highest BCUT2D eigenvalue weighted by atomic mass is 19.1. The van der Waals surface area contributed by atoms with Gasteiger partial charge in [0.15, 0.2) is 17.3 Å². The number of likely N-dealkylation sites (tertiary alicyclic amines) is 1. The molecule has 3 amide bonds. The molecule has 0 radical (unpaired) electrons. The zero-order valence-corrected chi connectivity index (χ0v) is 22.3. The van der Waals surface area contributed by atoms with Crippen molar-refractivity contribution in [2.45, 2.75) is 65.1 Å². The number of nitrogens with one attached hydrogen (secondary N) is 2. The van der Waals surface area contributed by atoms with Crippen LogP contribution in [0.25, 0.3) is 0 Å². The number of ketones is 1. The van der Waals surface area contributed by atoms with E-state index in [9.17, 15) is 28.0 Å². The fourth-order valence-corrected chi connectivity index (χ4v) is 5.62. The van der Waals surface area contributed by atoms with Gasteiger partial charge < -0.3 is 20.1 Å². The molecule has 1 saturated carbocycles. The SMILES string of the molecule is CC(C)(C)OC(=O)N1C[C@H]2[C@@H]([C@H]1C(=O)N[C@@H](CC1CCNC1=O)C(=O)COc1ccc(F)cc1F)C2(C)C. The average Bonchev–Trinajstić information content (AvgIpc) is 3.16. The second-order valence-corrected chi connectivity index (χ2v) is 11.9. The largest absolute Gasteiger partial charge is 0.483 e. The maximum Gasteiger partial charge on any atom is 0.410 e. The van der Waals surface area contributed by atoms with Gasteiger partial charge in [-0.25, -0.2) is 13.6 Å². The van der Waals surface area contributed by atoms with Crippen LogP contribution >= 0.6 is 0 Å². The van der Waals surface area contributed by atoms with E-state index in [-0.39, 0.29) is 35.3 Å². The number of fused-ring (bicyclic) bond motifs is 1. The first-order valence-electron chi connectivity index (χ1n) is 12.9. The maximum atomic E-state index is 14.0. The Labute approximate surface area is 220 Å². The predicted octanol–water partition coefficient (Wildman–Crippen LogP) is 2.82. The normalized spacial score (nSPS) is 26.3. The summed E-state index contributed by atoms with van der Waals surface area (Å²) in [6.45, 7) is 9.52. The third-order valence-electron chi connectivity index (χ3n) is 7.76. The summed E-state index contributed by atoms with van der Waals surface area (Å²) in [5.74, 6) is -3.85. The van der Waals surface area contributed by atoms with Gasteiger partial charge in [-0.15, -0.1) is 0 Å². The van der Waals surface area contributed by atoms with Gasteiger partial charge in [0.05, 0.1) is 6.04 Å². The summed E-state index contributed by atoms with van der Waals surface area (Å²) in [6, 6.07) is 0.766. The molecule has 1 aromatic carbocycles. The number of Topliss-reactive ketones (excluding diaryl/α,β-unsaturated/α-hetero) is 1. The Hall–Kier alpha value is -3.24. The third kappa shape index (κ3) is 5.76. The molecule has 2 N–H and O–H groups in total. The standard InChI is InChI=1S/C27H35F2N3O6/c1-26(2,3)38-25(36)32-12-16-21(27(16,4)5)22(32)24(35)31-18(10-14-8-9-30-23(14)34)19(33)13-37-20-7-6-15(28)11-17(20)29/h6-7,11,14,16,18,21-22H,8-10,12-13H2,1-5H3,(H,30,34)(H,31,35)/t14?,16-,18-,21-,22-/m0/s1. The number of hydrogen-bond acceptors (Lipinski definition) is 6. The quantitative estimate of drug-likeness (QED) is 0.529. The molecular formula is C27H35F2N3O6. The summed E-state index contributed by atoms with van der Waals surface area (Å²) < 4.78 is 38.0. The highest BCUT2D eigenvalue weighted by Crippen LogP contribution is 2.65. The van der Waals surface area contributed by atoms with Crippen molar-refractivity contribution in [1.29, 1.82) is 0 Å². The summed E-state index contributed by atoms with van der Waals surface area (Å²) in [7, 11) is 0. The molecule has 2 heterocycles. The summed E-state index contributed by atoms with van der Waals surface area (Å²) in [5, 5.41) is 5.47. The minimum Gasteiger partial charge on any atom is -0.483 e. The van der Waals surface area contributed by atoms with Gasteiger partial charge in [-0.2, -0.15) is 0 Å². The lowest BCUT2D eigenvalue weighted by Crippen LogP contribution is -2.55. The van der Waals surface area contributed by atoms with Crippen LogP contribution in [-0.4, -0.2) is 66.0 Å². The van der Waals surface area contributed by atoms with Crippen molar-refractivity contribution in [1.82, 2.24) is 15.5 Å². The number of halogens is 2. The van der Waals surface area contributed by atoms with Gasteiger partial charge in [0, 0.05) is 25.1 Å². The van der Waals surface area contributed by atoms with E-state index in [1.807, 2.05) is 13.8 Å². The van der Waals surface area contributed by atoms with Crippen LogP contribution in [-0.2, 0) is 19.1 Å². The highest BCUT2D eigenvalue weighted by molar-refractivity contribution is 5.94. The van der Waals surface area contributed by atoms with E-state index in [1.165, 1.54) is 4.90 Å². The topological polar surface area (TPSA) is 114 Å². The van der Waals surface area contributed by atoms with E-state index < -0.39 is 59.6 Å². The summed E-state index contributed by atoms with van der Waals surface area (Å²) >= 11 is 0. The zero-order chi connectivity index (χ0) is 28.0. The van der Waals surface area contributed by atoms with Gasteiger partial charge in [-0.1, -0.05) is 13.8 Å². The molecule has 1 aromatic rings. The fourth-order valence-electron chi connectivity index (χ4n) is 5.62. The second kappa shape index (κ2) is 10.1. The lowest BCUT2D eigenvalue weighted by Gasteiger charge is -2.33. The fraction of sp³-hybridized carbons (Fsp3) is 0.630. The van der Waals surface area contributed by atoms with E-state index in [2.05, 4.69) is 10.6 Å². The molecule has 5 atom stereocenters. The number of benzene rings is 1. The van der Waals surface area contributed by atoms with Crippen molar-refractivity contribution >= 4 is 23.7 Å². The van der Waals surface area contributed by atoms with Crippen molar-refractivity contribution in [3.8, 4) is 5.75 Å². The number of amides is 3. The van der Waals surface area contributed by atoms with E-state index in [0.29, 0.717) is 25.6 Å². The zero-order valence-electron chi connectivity index (χ0n) is 22.3. The molecular weight excluding hydrogens is 500 g/mol. The van der Waals surface area contributed by atoms with Crippen LogP contribution < -0.4 is 15.4 Å². The van der Waals surface area contributed by atoms with Gasteiger partial charge in [-0.3, -0.25) is 19.3 Å². The van der Waals surface area contributed by atoms with Gasteiger partial charge in [-0.05, 0) is 63.0 Å². The van der Waals surface area contributed by atoms with E-state index in [0.717, 1.165) is 12.1 Å². The Morgan fingerprint density at radius 1 is 1.24 bits per heavy atom. The Morgan fingerprint density at radius 2 is 1.95 bits per heavy atom. The number of rotatable bonds is 8. The van der Waals surface area contributed by atoms with Crippen molar-refractivity contribution in [3.63, 3.8) is 0 Å². The van der Waals surface area contributed by atoms with Crippen LogP contribution in [0.3, 0.4) is 0 Å². The van der Waals surface area contributed by atoms with Gasteiger partial charge in [0.1, 0.15) is 24.1 Å². The van der Waals surface area contributed by atoms with Crippen LogP contribution in [0, 0.1) is 34.8 Å². The summed E-state index contributed by atoms with van der Waals surface area (Å²) in [5.41, 5.74) is -0.906. The molecule has 1 aliphatic carbocycles. The predicted molar refractivity (Wildman–Crippen MR) is 132 cm³/mol. The van der Waals surface area contributed by atoms with Crippen molar-refractivity contribution in [3.05, 3.63) is 29.8 Å². The summed E-state index contributed by atoms with van der Waals surface area (Å²) in [6.07, 6.45) is -0.0757. The van der Waals surface area contributed by atoms with Gasteiger partial charge in [0.25, 0.3) is 0 Å². The Kier molecular flexibility index (Phi) is 7.42. The molecule has 0 aromatic heterocycles. The number of ether oxygens (including phenoxy) is 2. The Bertz CT molecular complexity index is 1130. The molecule has 3 fully saturated rings. The van der Waals surface area contributed by atoms with Crippen molar-refractivity contribution in [2.24, 2.45) is 23.2 Å². The van der Waals surface area contributed by atoms with Crippen LogP contribution in [0.2, 0.25) is 0 Å². The molecule has 9 nitrogen and oxygen atoms in total. The first-order valence-corrected chi connectivity index (χ1v) is 12.9. The van der Waals surface area contributed by atoms with Gasteiger partial charge in [0.2, 0.25) is 11.8 Å². The molecule has 208 valence electrons. The number of piperidine rings is 1. The average molecular weight is 536 g/mol. The number of hydrogen-bond donors (Lipinski definition) is 2. The molecule has 2 saturated heterocycles. The maximum absolute atomic E-state index is 14.0. The third-order valence-corrected chi connectivity index (χ3v) is 7.76. The summed E-state index contributed by atoms with van der Waals surface area (Å²) in [4.78, 5) is 53.4. The Balaban J connectivity index is 1.51. The van der Waals surface area contributed by atoms with Crippen molar-refractivity contribution < 1.29 is 37.4 Å². The molecule has 1 unspecified atom stereocenters. The van der Waals surface area contributed by atoms with Crippen LogP contribution in [0.15, 0.2) is 18.2 Å². The first kappa shape index (κ1) is 27.8. The molecule has 0 bridgehead atoms. The van der Waals surface area contributed by atoms with Crippen molar-refractivity contribution in [2.75, 3.05) is 19.7 Å². The molecule has 0 spiro atoms. The molecule has 3 aliphatic rings.